The summed E-state index contributed by atoms with van der Waals surface area (Å²) < 4.78 is 18.2. The van der Waals surface area contributed by atoms with Gasteiger partial charge in [-0.05, 0) is 36.8 Å². The van der Waals surface area contributed by atoms with E-state index in [-0.39, 0.29) is 30.3 Å². The van der Waals surface area contributed by atoms with Crippen LogP contribution in [-0.4, -0.2) is 28.8 Å². The quantitative estimate of drug-likeness (QED) is 0.755. The van der Waals surface area contributed by atoms with Gasteiger partial charge in [-0.25, -0.2) is 9.18 Å². The fraction of sp³-hybridized carbons (Fsp3) is 0.235. The molecule has 0 spiro atoms. The van der Waals surface area contributed by atoms with Crippen LogP contribution >= 0.6 is 11.6 Å². The van der Waals surface area contributed by atoms with Crippen LogP contribution in [0.3, 0.4) is 0 Å². The van der Waals surface area contributed by atoms with Gasteiger partial charge in [0.05, 0.1) is 17.8 Å². The van der Waals surface area contributed by atoms with Gasteiger partial charge in [0.15, 0.2) is 0 Å². The monoisotopic (exact) mass is 379 g/mol. The van der Waals surface area contributed by atoms with Crippen molar-refractivity contribution in [1.29, 1.82) is 0 Å². The lowest BCUT2D eigenvalue weighted by Crippen LogP contribution is -2.31. The fourth-order valence-electron chi connectivity index (χ4n) is 2.55. The molecule has 26 heavy (non-hydrogen) atoms. The zero-order valence-electron chi connectivity index (χ0n) is 13.5. The molecular weight excluding hydrogens is 365 g/mol. The molecule has 1 aromatic carbocycles. The van der Waals surface area contributed by atoms with Crippen LogP contribution in [-0.2, 0) is 16.1 Å². The summed E-state index contributed by atoms with van der Waals surface area (Å²) in [6.07, 6.45) is 1.59. The topological polar surface area (TPSA) is 91.7 Å². The number of hydrogen-bond acceptors (Lipinski definition) is 4. The van der Waals surface area contributed by atoms with Crippen molar-refractivity contribution in [2.45, 2.75) is 25.4 Å². The summed E-state index contributed by atoms with van der Waals surface area (Å²) in [6, 6.07) is 5.84. The highest BCUT2D eigenvalue weighted by molar-refractivity contribution is 6.31. The van der Waals surface area contributed by atoms with Crippen molar-refractivity contribution in [1.82, 2.24) is 10.2 Å². The van der Waals surface area contributed by atoms with Crippen LogP contribution in [0.15, 0.2) is 41.0 Å². The predicted molar refractivity (Wildman–Crippen MR) is 90.9 cm³/mol. The van der Waals surface area contributed by atoms with E-state index < -0.39 is 23.8 Å². The van der Waals surface area contributed by atoms with Gasteiger partial charge in [0.25, 0.3) is 5.91 Å². The third-order valence-electron chi connectivity index (χ3n) is 3.86. The second kappa shape index (κ2) is 7.57. The molecule has 0 aliphatic carbocycles. The van der Waals surface area contributed by atoms with Crippen molar-refractivity contribution in [2.24, 2.45) is 0 Å². The Morgan fingerprint density at radius 3 is 2.85 bits per heavy atom. The highest BCUT2D eigenvalue weighted by Gasteiger charge is 2.38. The smallest absolute Gasteiger partial charge is 0.325 e. The van der Waals surface area contributed by atoms with Crippen molar-refractivity contribution in [3.8, 4) is 0 Å². The van der Waals surface area contributed by atoms with E-state index >= 15 is 0 Å². The normalized spacial score (nSPS) is 16.7. The molecule has 2 aromatic rings. The lowest BCUT2D eigenvalue weighted by molar-refractivity contribution is -0.128. The van der Waals surface area contributed by atoms with Crippen molar-refractivity contribution in [2.75, 3.05) is 5.32 Å². The molecule has 1 aliphatic heterocycles. The number of rotatable bonds is 6. The third kappa shape index (κ3) is 4.02. The Kier molecular flexibility index (Phi) is 5.22. The Morgan fingerprint density at radius 2 is 2.15 bits per heavy atom. The minimum absolute atomic E-state index is 0.000272. The lowest BCUT2D eigenvalue weighted by atomic mass is 10.1. The molecule has 136 valence electrons. The Morgan fingerprint density at radius 1 is 1.35 bits per heavy atom. The van der Waals surface area contributed by atoms with Gasteiger partial charge in [-0.15, -0.1) is 0 Å². The number of nitrogens with one attached hydrogen (secondary N) is 2. The summed E-state index contributed by atoms with van der Waals surface area (Å²) in [5.74, 6) is -0.885. The Labute approximate surface area is 153 Å². The average Bonchev–Trinajstić information content (AvgIpc) is 3.20. The van der Waals surface area contributed by atoms with Gasteiger partial charge >= 0.3 is 6.03 Å². The van der Waals surface area contributed by atoms with Crippen LogP contribution in [0.5, 0.6) is 0 Å². The number of urea groups is 1. The Bertz CT molecular complexity index is 841. The van der Waals surface area contributed by atoms with Crippen LogP contribution in [0.4, 0.5) is 14.9 Å². The molecule has 0 saturated carbocycles. The number of nitrogens with zero attached hydrogens (tertiary/aromatic N) is 1. The predicted octanol–water partition coefficient (Wildman–Crippen LogP) is 2.91. The fourth-order valence-corrected chi connectivity index (χ4v) is 2.73. The number of carbonyl (C=O) groups is 3. The molecule has 1 atom stereocenters. The lowest BCUT2D eigenvalue weighted by Gasteiger charge is -2.11. The van der Waals surface area contributed by atoms with Crippen LogP contribution < -0.4 is 10.6 Å². The molecule has 1 fully saturated rings. The van der Waals surface area contributed by atoms with E-state index in [9.17, 15) is 18.8 Å². The number of amides is 4. The maximum Gasteiger partial charge on any atom is 0.325 e. The van der Waals surface area contributed by atoms with Crippen LogP contribution in [0.25, 0.3) is 0 Å². The van der Waals surface area contributed by atoms with Gasteiger partial charge in [-0.1, -0.05) is 11.6 Å². The molecule has 1 saturated heterocycles. The first kappa shape index (κ1) is 17.9. The molecule has 1 unspecified atom stereocenters. The molecule has 0 bridgehead atoms. The number of anilines is 1. The molecule has 1 aliphatic rings. The van der Waals surface area contributed by atoms with Crippen LogP contribution in [0.2, 0.25) is 5.02 Å². The van der Waals surface area contributed by atoms with Gasteiger partial charge in [0.2, 0.25) is 5.91 Å². The van der Waals surface area contributed by atoms with Gasteiger partial charge in [-0.2, -0.15) is 0 Å². The van der Waals surface area contributed by atoms with E-state index in [1.807, 2.05) is 0 Å². The maximum atomic E-state index is 13.1. The summed E-state index contributed by atoms with van der Waals surface area (Å²) >= 11 is 5.66. The van der Waals surface area contributed by atoms with Gasteiger partial charge in [-0.3, -0.25) is 14.5 Å². The molecule has 1 aromatic heterocycles. The summed E-state index contributed by atoms with van der Waals surface area (Å²) in [5.41, 5.74) is 0.350. The Hall–Kier alpha value is -2.87. The number of furan rings is 1. The zero-order valence-corrected chi connectivity index (χ0v) is 14.3. The second-order valence-electron chi connectivity index (χ2n) is 5.72. The van der Waals surface area contributed by atoms with Crippen molar-refractivity contribution in [3.63, 3.8) is 0 Å². The number of benzene rings is 1. The molecule has 4 amide bonds. The van der Waals surface area contributed by atoms with Gasteiger partial charge in [0, 0.05) is 12.1 Å². The third-order valence-corrected chi connectivity index (χ3v) is 4.15. The molecule has 2 heterocycles. The Balaban J connectivity index is 1.52. The van der Waals surface area contributed by atoms with Gasteiger partial charge in [0.1, 0.15) is 17.6 Å². The van der Waals surface area contributed by atoms with Crippen molar-refractivity contribution in [3.05, 3.63) is 53.2 Å². The summed E-state index contributed by atoms with van der Waals surface area (Å²) in [4.78, 5) is 37.3. The summed E-state index contributed by atoms with van der Waals surface area (Å²) in [5, 5.41) is 5.01. The number of imide groups is 1. The standard InChI is InChI=1S/C17H15ClFN3O4/c18-12-8-10(3-4-13(12)19)20-15(23)6-5-14-16(24)22(17(25)21-14)9-11-2-1-7-26-11/h1-4,7-8,14H,5-6,9H2,(H,20,23)(H,21,25). The zero-order chi connectivity index (χ0) is 18.7. The van der Waals surface area contributed by atoms with E-state index in [2.05, 4.69) is 10.6 Å². The highest BCUT2D eigenvalue weighted by Crippen LogP contribution is 2.20. The second-order valence-corrected chi connectivity index (χ2v) is 6.13. The number of hydrogen-bond donors (Lipinski definition) is 2. The van der Waals surface area contributed by atoms with Crippen molar-refractivity contribution < 1.29 is 23.2 Å². The van der Waals surface area contributed by atoms with Crippen LogP contribution in [0, 0.1) is 5.82 Å². The first-order valence-electron chi connectivity index (χ1n) is 7.83. The van der Waals surface area contributed by atoms with E-state index in [1.54, 1.807) is 12.1 Å². The molecule has 3 rings (SSSR count). The minimum Gasteiger partial charge on any atom is -0.467 e. The average molecular weight is 380 g/mol. The highest BCUT2D eigenvalue weighted by atomic mass is 35.5. The number of halogens is 2. The first-order valence-corrected chi connectivity index (χ1v) is 8.21. The summed E-state index contributed by atoms with van der Waals surface area (Å²) in [6.45, 7) is 0.0362. The molecule has 9 heteroatoms. The van der Waals surface area contributed by atoms with Crippen molar-refractivity contribution >= 4 is 35.1 Å². The number of carbonyl (C=O) groups excluding carboxylic acids is 3. The van der Waals surface area contributed by atoms with E-state index in [0.29, 0.717) is 11.4 Å². The minimum atomic E-state index is -0.778. The first-order chi connectivity index (χ1) is 12.4. The van der Waals surface area contributed by atoms with E-state index in [0.717, 1.165) is 11.0 Å². The van der Waals surface area contributed by atoms with E-state index in [4.69, 9.17) is 16.0 Å². The molecule has 2 N–H and O–H groups in total. The molecule has 0 radical (unpaired) electrons. The van der Waals surface area contributed by atoms with Gasteiger partial charge < -0.3 is 15.1 Å². The molecular formula is C17H15ClFN3O4. The SMILES string of the molecule is O=C(CCC1NC(=O)N(Cc2ccco2)C1=O)Nc1ccc(F)c(Cl)c1. The summed E-state index contributed by atoms with van der Waals surface area (Å²) in [7, 11) is 0. The van der Waals surface area contributed by atoms with Crippen LogP contribution in [0.1, 0.15) is 18.6 Å². The largest absolute Gasteiger partial charge is 0.467 e. The van der Waals surface area contributed by atoms with E-state index in [1.165, 1.54) is 18.4 Å². The molecule has 7 nitrogen and oxygen atoms in total. The maximum absolute atomic E-state index is 13.1.